The average Bonchev–Trinajstić information content (AvgIpc) is 2.78. The fourth-order valence-electron chi connectivity index (χ4n) is 2.11. The highest BCUT2D eigenvalue weighted by Crippen LogP contribution is 2.28. The van der Waals surface area contributed by atoms with E-state index in [-0.39, 0.29) is 0 Å². The van der Waals surface area contributed by atoms with Crippen molar-refractivity contribution in [3.05, 3.63) is 5.89 Å². The molecule has 0 aliphatic heterocycles. The van der Waals surface area contributed by atoms with E-state index in [4.69, 9.17) is 16.0 Å². The van der Waals surface area contributed by atoms with Crippen molar-refractivity contribution in [1.29, 1.82) is 0 Å². The van der Waals surface area contributed by atoms with Gasteiger partial charge in [-0.3, -0.25) is 0 Å². The molecule has 17 heavy (non-hydrogen) atoms. The number of nitrogens with zero attached hydrogens (tertiary/aromatic N) is 2. The van der Waals surface area contributed by atoms with E-state index in [9.17, 15) is 0 Å². The first-order chi connectivity index (χ1) is 8.31. The topological polar surface area (TPSA) is 51.0 Å². The zero-order valence-electron chi connectivity index (χ0n) is 9.99. The van der Waals surface area contributed by atoms with Crippen LogP contribution in [0.1, 0.15) is 31.6 Å². The molecule has 0 amide bonds. The summed E-state index contributed by atoms with van der Waals surface area (Å²) in [5.74, 6) is 1.13. The molecule has 96 valence electrons. The summed E-state index contributed by atoms with van der Waals surface area (Å²) in [5, 5.41) is 12.0. The van der Waals surface area contributed by atoms with E-state index in [1.165, 1.54) is 25.7 Å². The first-order valence-electron chi connectivity index (χ1n) is 5.99. The van der Waals surface area contributed by atoms with Gasteiger partial charge >= 0.3 is 6.01 Å². The largest absolute Gasteiger partial charge is 0.408 e. The van der Waals surface area contributed by atoms with Gasteiger partial charge in [0.1, 0.15) is 0 Å². The molecule has 1 N–H and O–H groups in total. The molecule has 1 aromatic rings. The van der Waals surface area contributed by atoms with Crippen LogP contribution in [0.5, 0.6) is 0 Å². The van der Waals surface area contributed by atoms with Crippen LogP contribution < -0.4 is 5.32 Å². The SMILES string of the molecule is CSC1CCC(Nc2nnc(CCCl)o2)CC1. The molecule has 1 fully saturated rings. The van der Waals surface area contributed by atoms with Crippen molar-refractivity contribution in [1.82, 2.24) is 10.2 Å². The highest BCUT2D eigenvalue weighted by molar-refractivity contribution is 7.99. The summed E-state index contributed by atoms with van der Waals surface area (Å²) in [6, 6.07) is 1.01. The van der Waals surface area contributed by atoms with Crippen LogP contribution in [-0.2, 0) is 6.42 Å². The van der Waals surface area contributed by atoms with Gasteiger partial charge in [-0.2, -0.15) is 11.8 Å². The molecule has 0 spiro atoms. The van der Waals surface area contributed by atoms with E-state index in [2.05, 4.69) is 21.8 Å². The van der Waals surface area contributed by atoms with Crippen molar-refractivity contribution in [2.75, 3.05) is 17.5 Å². The van der Waals surface area contributed by atoms with Crippen molar-refractivity contribution in [2.45, 2.75) is 43.4 Å². The summed E-state index contributed by atoms with van der Waals surface area (Å²) in [7, 11) is 0. The molecule has 1 heterocycles. The lowest BCUT2D eigenvalue weighted by atomic mass is 9.95. The molecule has 0 radical (unpaired) electrons. The number of halogens is 1. The Morgan fingerprint density at radius 3 is 2.76 bits per heavy atom. The van der Waals surface area contributed by atoms with Crippen LogP contribution in [0.3, 0.4) is 0 Å². The van der Waals surface area contributed by atoms with E-state index in [0.29, 0.717) is 30.2 Å². The molecular formula is C11H18ClN3OS. The predicted molar refractivity (Wildman–Crippen MR) is 71.9 cm³/mol. The summed E-state index contributed by atoms with van der Waals surface area (Å²) in [6.07, 6.45) is 7.71. The van der Waals surface area contributed by atoms with Crippen molar-refractivity contribution < 1.29 is 4.42 Å². The Hall–Kier alpha value is -0.420. The van der Waals surface area contributed by atoms with Crippen molar-refractivity contribution in [3.8, 4) is 0 Å². The number of hydrogen-bond acceptors (Lipinski definition) is 5. The van der Waals surface area contributed by atoms with Crippen LogP contribution in [-0.4, -0.2) is 33.6 Å². The summed E-state index contributed by atoms with van der Waals surface area (Å²) in [4.78, 5) is 0. The van der Waals surface area contributed by atoms with Crippen LogP contribution in [0.25, 0.3) is 0 Å². The molecule has 1 aromatic heterocycles. The Bertz CT molecular complexity index is 339. The smallest absolute Gasteiger partial charge is 0.315 e. The minimum atomic E-state index is 0.475. The van der Waals surface area contributed by atoms with Gasteiger partial charge in [0.05, 0.1) is 0 Å². The molecule has 0 aromatic carbocycles. The van der Waals surface area contributed by atoms with Crippen LogP contribution in [0, 0.1) is 0 Å². The second kappa shape index (κ2) is 6.50. The second-order valence-corrected chi connectivity index (χ2v) is 5.81. The van der Waals surface area contributed by atoms with Crippen LogP contribution in [0.15, 0.2) is 4.42 Å². The molecule has 1 aliphatic carbocycles. The number of thioether (sulfide) groups is 1. The fraction of sp³-hybridized carbons (Fsp3) is 0.818. The Kier molecular flexibility index (Phi) is 4.98. The third-order valence-electron chi connectivity index (χ3n) is 3.11. The number of rotatable bonds is 5. The zero-order chi connectivity index (χ0) is 12.1. The Morgan fingerprint density at radius 1 is 1.35 bits per heavy atom. The lowest BCUT2D eigenvalue weighted by Crippen LogP contribution is -2.27. The molecule has 0 unspecified atom stereocenters. The van der Waals surface area contributed by atoms with E-state index in [1.807, 2.05) is 11.8 Å². The van der Waals surface area contributed by atoms with Crippen molar-refractivity contribution in [2.24, 2.45) is 0 Å². The summed E-state index contributed by atoms with van der Waals surface area (Å²) >= 11 is 7.59. The molecular weight excluding hydrogens is 258 g/mol. The quantitative estimate of drug-likeness (QED) is 0.838. The molecule has 4 nitrogen and oxygen atoms in total. The molecule has 0 atom stereocenters. The second-order valence-electron chi connectivity index (χ2n) is 4.29. The first kappa shape index (κ1) is 13.0. The first-order valence-corrected chi connectivity index (χ1v) is 7.81. The highest BCUT2D eigenvalue weighted by atomic mass is 35.5. The molecule has 1 saturated carbocycles. The van der Waals surface area contributed by atoms with Crippen LogP contribution >= 0.6 is 23.4 Å². The van der Waals surface area contributed by atoms with E-state index in [0.717, 1.165) is 5.25 Å². The third-order valence-corrected chi connectivity index (χ3v) is 4.44. The van der Waals surface area contributed by atoms with Gasteiger partial charge < -0.3 is 9.73 Å². The number of hydrogen-bond donors (Lipinski definition) is 1. The number of nitrogens with one attached hydrogen (secondary N) is 1. The van der Waals surface area contributed by atoms with Gasteiger partial charge in [0.15, 0.2) is 0 Å². The normalized spacial score (nSPS) is 24.8. The number of anilines is 1. The highest BCUT2D eigenvalue weighted by Gasteiger charge is 2.21. The zero-order valence-corrected chi connectivity index (χ0v) is 11.6. The third kappa shape index (κ3) is 3.78. The van der Waals surface area contributed by atoms with Gasteiger partial charge in [-0.15, -0.1) is 16.7 Å². The van der Waals surface area contributed by atoms with Gasteiger partial charge in [-0.25, -0.2) is 0 Å². The summed E-state index contributed by atoms with van der Waals surface area (Å²) < 4.78 is 5.46. The number of aryl methyl sites for hydroxylation is 1. The summed E-state index contributed by atoms with van der Waals surface area (Å²) in [5.41, 5.74) is 0. The maximum atomic E-state index is 5.62. The molecule has 1 aliphatic rings. The van der Waals surface area contributed by atoms with Gasteiger partial charge in [0.25, 0.3) is 0 Å². The minimum absolute atomic E-state index is 0.475. The maximum Gasteiger partial charge on any atom is 0.315 e. The number of alkyl halides is 1. The van der Waals surface area contributed by atoms with Crippen molar-refractivity contribution in [3.63, 3.8) is 0 Å². The maximum absolute atomic E-state index is 5.62. The average molecular weight is 276 g/mol. The lowest BCUT2D eigenvalue weighted by Gasteiger charge is -2.27. The van der Waals surface area contributed by atoms with Gasteiger partial charge in [0, 0.05) is 23.6 Å². The van der Waals surface area contributed by atoms with Crippen LogP contribution in [0.2, 0.25) is 0 Å². The Balaban J connectivity index is 1.80. The molecule has 0 bridgehead atoms. The van der Waals surface area contributed by atoms with E-state index in [1.54, 1.807) is 0 Å². The van der Waals surface area contributed by atoms with E-state index >= 15 is 0 Å². The van der Waals surface area contributed by atoms with Crippen molar-refractivity contribution >= 4 is 29.4 Å². The number of aromatic nitrogens is 2. The summed E-state index contributed by atoms with van der Waals surface area (Å²) in [6.45, 7) is 0. The monoisotopic (exact) mass is 275 g/mol. The molecule has 2 rings (SSSR count). The van der Waals surface area contributed by atoms with E-state index < -0.39 is 0 Å². The molecule has 6 heteroatoms. The fourth-order valence-corrected chi connectivity index (χ4v) is 3.02. The predicted octanol–water partition coefficient (Wildman–Crippen LogP) is 2.94. The standard InChI is InChI=1S/C11H18ClN3OS/c1-17-9-4-2-8(3-5-9)13-11-15-14-10(16-11)6-7-12/h8-9H,2-7H2,1H3,(H,13,15). The van der Waals surface area contributed by atoms with Gasteiger partial charge in [-0.1, -0.05) is 5.10 Å². The lowest BCUT2D eigenvalue weighted by molar-refractivity contribution is 0.449. The van der Waals surface area contributed by atoms with Gasteiger partial charge in [-0.05, 0) is 31.9 Å². The Labute approximate surface area is 111 Å². The molecule has 0 saturated heterocycles. The van der Waals surface area contributed by atoms with Crippen LogP contribution in [0.4, 0.5) is 6.01 Å². The Morgan fingerprint density at radius 2 is 2.12 bits per heavy atom. The minimum Gasteiger partial charge on any atom is -0.408 e. The van der Waals surface area contributed by atoms with Gasteiger partial charge in [0.2, 0.25) is 5.89 Å².